The summed E-state index contributed by atoms with van der Waals surface area (Å²) in [4.78, 5) is 21.7. The van der Waals surface area contributed by atoms with Crippen molar-refractivity contribution in [3.8, 4) is 0 Å². The van der Waals surface area contributed by atoms with Crippen LogP contribution in [0.2, 0.25) is 0 Å². The van der Waals surface area contributed by atoms with Crippen LogP contribution in [-0.4, -0.2) is 38.2 Å². The minimum absolute atomic E-state index is 0.104. The SMILES string of the molecule is CS(=O)(=O)c1ccc(C(=O)NCC(=O)O)cc1. The fraction of sp³-hybridized carbons (Fsp3) is 0.200. The first-order valence-electron chi connectivity index (χ1n) is 4.61. The van der Waals surface area contributed by atoms with Crippen molar-refractivity contribution in [2.75, 3.05) is 12.8 Å². The minimum atomic E-state index is -3.30. The van der Waals surface area contributed by atoms with Crippen molar-refractivity contribution < 1.29 is 23.1 Å². The maximum atomic E-state index is 11.4. The molecule has 0 aliphatic rings. The Bertz CT molecular complexity index is 532. The average Bonchev–Trinajstić information content (AvgIpc) is 2.25. The highest BCUT2D eigenvalue weighted by molar-refractivity contribution is 7.90. The van der Waals surface area contributed by atoms with Crippen LogP contribution in [0.3, 0.4) is 0 Å². The lowest BCUT2D eigenvalue weighted by Gasteiger charge is -2.03. The lowest BCUT2D eigenvalue weighted by atomic mass is 10.2. The van der Waals surface area contributed by atoms with Gasteiger partial charge in [0.05, 0.1) is 4.90 Å². The molecule has 0 aliphatic heterocycles. The van der Waals surface area contributed by atoms with E-state index >= 15 is 0 Å². The van der Waals surface area contributed by atoms with Gasteiger partial charge >= 0.3 is 5.97 Å². The van der Waals surface area contributed by atoms with E-state index in [0.717, 1.165) is 6.26 Å². The van der Waals surface area contributed by atoms with Gasteiger partial charge in [-0.2, -0.15) is 0 Å². The van der Waals surface area contributed by atoms with Crippen LogP contribution in [-0.2, 0) is 14.6 Å². The van der Waals surface area contributed by atoms with E-state index in [1.165, 1.54) is 24.3 Å². The Morgan fingerprint density at radius 3 is 2.18 bits per heavy atom. The zero-order valence-corrected chi connectivity index (χ0v) is 9.82. The third-order valence-electron chi connectivity index (χ3n) is 1.94. The van der Waals surface area contributed by atoms with Gasteiger partial charge in [-0.1, -0.05) is 0 Å². The molecular weight excluding hydrogens is 246 g/mol. The van der Waals surface area contributed by atoms with Crippen LogP contribution < -0.4 is 5.32 Å². The summed E-state index contributed by atoms with van der Waals surface area (Å²) in [6.07, 6.45) is 1.06. The van der Waals surface area contributed by atoms with Gasteiger partial charge < -0.3 is 10.4 Å². The Labute approximate surface area is 98.2 Å². The Morgan fingerprint density at radius 1 is 1.24 bits per heavy atom. The molecule has 0 heterocycles. The molecule has 0 fully saturated rings. The summed E-state index contributed by atoms with van der Waals surface area (Å²) in [5.74, 6) is -1.71. The Kier molecular flexibility index (Phi) is 3.84. The van der Waals surface area contributed by atoms with Crippen LogP contribution in [0, 0.1) is 0 Å². The van der Waals surface area contributed by atoms with Crippen molar-refractivity contribution in [1.82, 2.24) is 5.32 Å². The van der Waals surface area contributed by atoms with Gasteiger partial charge in [0.1, 0.15) is 6.54 Å². The van der Waals surface area contributed by atoms with Gasteiger partial charge in [-0.15, -0.1) is 0 Å². The molecule has 0 saturated heterocycles. The zero-order chi connectivity index (χ0) is 13.1. The zero-order valence-electron chi connectivity index (χ0n) is 9.00. The quantitative estimate of drug-likeness (QED) is 0.784. The van der Waals surface area contributed by atoms with Gasteiger partial charge in [-0.05, 0) is 24.3 Å². The summed E-state index contributed by atoms with van der Waals surface area (Å²) in [7, 11) is -3.30. The lowest BCUT2D eigenvalue weighted by molar-refractivity contribution is -0.135. The highest BCUT2D eigenvalue weighted by Crippen LogP contribution is 2.10. The summed E-state index contributed by atoms with van der Waals surface area (Å²) in [5, 5.41) is 10.5. The molecule has 1 aromatic rings. The number of aliphatic carboxylic acids is 1. The second kappa shape index (κ2) is 4.96. The number of carboxylic acid groups (broad SMARTS) is 1. The van der Waals surface area contributed by atoms with Crippen molar-refractivity contribution in [2.24, 2.45) is 0 Å². The van der Waals surface area contributed by atoms with Crippen LogP contribution in [0.25, 0.3) is 0 Å². The lowest BCUT2D eigenvalue weighted by Crippen LogP contribution is -2.29. The number of carbonyl (C=O) groups excluding carboxylic acids is 1. The number of amides is 1. The predicted octanol–water partition coefficient (Wildman–Crippen LogP) is -0.0955. The molecule has 0 aromatic heterocycles. The van der Waals surface area contributed by atoms with Gasteiger partial charge in [-0.25, -0.2) is 8.42 Å². The normalized spacial score (nSPS) is 10.9. The second-order valence-electron chi connectivity index (χ2n) is 3.37. The summed E-state index contributed by atoms with van der Waals surface area (Å²) in [6, 6.07) is 5.25. The van der Waals surface area contributed by atoms with E-state index < -0.39 is 28.3 Å². The first kappa shape index (κ1) is 13.2. The first-order chi connectivity index (χ1) is 7.80. The van der Waals surface area contributed by atoms with Crippen molar-refractivity contribution in [3.63, 3.8) is 0 Å². The van der Waals surface area contributed by atoms with Crippen molar-refractivity contribution in [1.29, 1.82) is 0 Å². The summed E-state index contributed by atoms with van der Waals surface area (Å²) < 4.78 is 22.3. The molecule has 7 heteroatoms. The number of nitrogens with one attached hydrogen (secondary N) is 1. The summed E-state index contributed by atoms with van der Waals surface area (Å²) >= 11 is 0. The number of rotatable bonds is 4. The molecule has 0 atom stereocenters. The van der Waals surface area contributed by atoms with Crippen LogP contribution in [0.5, 0.6) is 0 Å². The maximum absolute atomic E-state index is 11.4. The van der Waals surface area contributed by atoms with Crippen LogP contribution in [0.15, 0.2) is 29.2 Å². The molecular formula is C10H11NO5S. The van der Waals surface area contributed by atoms with E-state index in [0.29, 0.717) is 0 Å². The molecule has 0 bridgehead atoms. The van der Waals surface area contributed by atoms with Gasteiger partial charge in [-0.3, -0.25) is 9.59 Å². The molecule has 0 spiro atoms. The van der Waals surface area contributed by atoms with E-state index in [4.69, 9.17) is 5.11 Å². The number of carbonyl (C=O) groups is 2. The minimum Gasteiger partial charge on any atom is -0.480 e. The van der Waals surface area contributed by atoms with Crippen molar-refractivity contribution in [3.05, 3.63) is 29.8 Å². The molecule has 1 amide bonds. The molecule has 0 unspecified atom stereocenters. The van der Waals surface area contributed by atoms with Crippen LogP contribution in [0.4, 0.5) is 0 Å². The van der Waals surface area contributed by atoms with Gasteiger partial charge in [0.25, 0.3) is 5.91 Å². The molecule has 1 rings (SSSR count). The monoisotopic (exact) mass is 257 g/mol. The van der Waals surface area contributed by atoms with E-state index in [1.54, 1.807) is 0 Å². The fourth-order valence-electron chi connectivity index (χ4n) is 1.11. The molecule has 0 saturated carbocycles. The smallest absolute Gasteiger partial charge is 0.322 e. The maximum Gasteiger partial charge on any atom is 0.322 e. The molecule has 0 aliphatic carbocycles. The molecule has 6 nitrogen and oxygen atoms in total. The van der Waals surface area contributed by atoms with Gasteiger partial charge in [0.2, 0.25) is 0 Å². The van der Waals surface area contributed by atoms with Gasteiger partial charge in [0, 0.05) is 11.8 Å². The van der Waals surface area contributed by atoms with Crippen LogP contribution >= 0.6 is 0 Å². The standard InChI is InChI=1S/C10H11NO5S/c1-17(15,16)8-4-2-7(3-5-8)10(14)11-6-9(12)13/h2-5H,6H2,1H3,(H,11,14)(H,12,13). The van der Waals surface area contributed by atoms with E-state index in [1.807, 2.05) is 0 Å². The molecule has 17 heavy (non-hydrogen) atoms. The highest BCUT2D eigenvalue weighted by atomic mass is 32.2. The third-order valence-corrected chi connectivity index (χ3v) is 3.07. The molecule has 2 N–H and O–H groups in total. The molecule has 0 radical (unpaired) electrons. The average molecular weight is 257 g/mol. The largest absolute Gasteiger partial charge is 0.480 e. The molecule has 1 aromatic carbocycles. The fourth-order valence-corrected chi connectivity index (χ4v) is 1.74. The Balaban J connectivity index is 2.81. The van der Waals surface area contributed by atoms with Crippen molar-refractivity contribution in [2.45, 2.75) is 4.90 Å². The highest BCUT2D eigenvalue weighted by Gasteiger charge is 2.10. The number of hydrogen-bond acceptors (Lipinski definition) is 4. The number of benzene rings is 1. The predicted molar refractivity (Wildman–Crippen MR) is 59.5 cm³/mol. The van der Waals surface area contributed by atoms with Gasteiger partial charge in [0.15, 0.2) is 9.84 Å². The van der Waals surface area contributed by atoms with E-state index in [2.05, 4.69) is 5.32 Å². The Morgan fingerprint density at radius 2 is 1.76 bits per heavy atom. The first-order valence-corrected chi connectivity index (χ1v) is 6.50. The molecule has 92 valence electrons. The number of carboxylic acids is 1. The van der Waals surface area contributed by atoms with Crippen LogP contribution in [0.1, 0.15) is 10.4 Å². The third kappa shape index (κ3) is 3.87. The summed E-state index contributed by atoms with van der Waals surface area (Å²) in [5.41, 5.74) is 0.207. The number of hydrogen-bond donors (Lipinski definition) is 2. The second-order valence-corrected chi connectivity index (χ2v) is 5.39. The number of sulfone groups is 1. The van der Waals surface area contributed by atoms with E-state index in [9.17, 15) is 18.0 Å². The summed E-state index contributed by atoms with van der Waals surface area (Å²) in [6.45, 7) is -0.480. The Hall–Kier alpha value is -1.89. The topological polar surface area (TPSA) is 101 Å². The van der Waals surface area contributed by atoms with E-state index in [-0.39, 0.29) is 10.5 Å². The van der Waals surface area contributed by atoms with Crippen molar-refractivity contribution >= 4 is 21.7 Å².